The van der Waals surface area contributed by atoms with Gasteiger partial charge in [-0.1, -0.05) is 8.80 Å². The smallest absolute Gasteiger partial charge is 0.210 e. The molecule has 1 heterocycles. The molecule has 16 heavy (non-hydrogen) atoms. The van der Waals surface area contributed by atoms with E-state index < -0.39 is 10.2 Å². The molecule has 0 bridgehead atoms. The number of carbonyl (C=O) groups excluding carboxylic acids is 2. The average molecular weight is 260 g/mol. The molecule has 0 aliphatic carbocycles. The molecule has 0 amide bonds. The average Bonchev–Trinajstić information content (AvgIpc) is 2.50. The van der Waals surface area contributed by atoms with Crippen LogP contribution in [0.2, 0.25) is 0 Å². The Morgan fingerprint density at radius 3 is 1.88 bits per heavy atom. The lowest BCUT2D eigenvalue weighted by molar-refractivity contribution is 0.561. The lowest BCUT2D eigenvalue weighted by Gasteiger charge is -1.72. The van der Waals surface area contributed by atoms with Gasteiger partial charge in [-0.25, -0.2) is 9.59 Å². The van der Waals surface area contributed by atoms with Crippen LogP contribution in [-0.4, -0.2) is 20.6 Å². The minimum absolute atomic E-state index is 0.707. The lowest BCUT2D eigenvalue weighted by Crippen LogP contribution is -1.86. The van der Waals surface area contributed by atoms with E-state index in [-0.39, 0.29) is 0 Å². The Kier molecular flexibility index (Phi) is 6.14. The summed E-state index contributed by atoms with van der Waals surface area (Å²) in [6, 6.07) is 2.19. The third kappa shape index (κ3) is 6.80. The van der Waals surface area contributed by atoms with E-state index in [4.69, 9.17) is 0 Å². The largest absolute Gasteiger partial charge is 0.383 e. The summed E-state index contributed by atoms with van der Waals surface area (Å²) in [5, 5.41) is 2.16. The fourth-order valence-corrected chi connectivity index (χ4v) is 1.61. The van der Waals surface area contributed by atoms with E-state index in [0.29, 0.717) is 12.2 Å². The van der Waals surface area contributed by atoms with Gasteiger partial charge in [0.25, 0.3) is 12.2 Å². The number of rotatable bonds is 2. The molecule has 1 rings (SSSR count). The molecule has 0 saturated carbocycles. The molecule has 1 aromatic heterocycles. The zero-order valence-corrected chi connectivity index (χ0v) is 10.1. The van der Waals surface area contributed by atoms with Gasteiger partial charge in [-0.15, -0.1) is 11.3 Å². The number of aryl methyl sites for hydroxylation is 2. The van der Waals surface area contributed by atoms with Crippen molar-refractivity contribution in [3.8, 4) is 0 Å². The van der Waals surface area contributed by atoms with E-state index in [0.717, 1.165) is 0 Å². The van der Waals surface area contributed by atoms with Crippen LogP contribution >= 0.6 is 11.3 Å². The molecule has 0 spiro atoms. The molecule has 0 saturated heterocycles. The van der Waals surface area contributed by atoms with E-state index >= 15 is 0 Å². The predicted octanol–water partition coefficient (Wildman–Crippen LogP) is 1.27. The second-order valence-electron chi connectivity index (χ2n) is 2.55. The third-order valence-electron chi connectivity index (χ3n) is 1.17. The van der Waals surface area contributed by atoms with Gasteiger partial charge in [0.15, 0.2) is 0 Å². The van der Waals surface area contributed by atoms with E-state index in [2.05, 4.69) is 34.1 Å². The van der Waals surface area contributed by atoms with Gasteiger partial charge in [-0.2, -0.15) is 8.42 Å². The zero-order chi connectivity index (χ0) is 12.6. The molecule has 0 fully saturated rings. The highest BCUT2D eigenvalue weighted by Gasteiger charge is 2.00. The maximum absolute atomic E-state index is 9.97. The molecule has 0 N–H and O–H groups in total. The van der Waals surface area contributed by atoms with Crippen LogP contribution in [0, 0.1) is 13.8 Å². The molecule has 86 valence electrons. The Morgan fingerprint density at radius 2 is 1.69 bits per heavy atom. The molecule has 1 aromatic rings. The zero-order valence-electron chi connectivity index (χ0n) is 8.50. The summed E-state index contributed by atoms with van der Waals surface area (Å²) in [7, 11) is -4.28. The van der Waals surface area contributed by atoms with Gasteiger partial charge in [0.05, 0.1) is 0 Å². The second-order valence-corrected chi connectivity index (χ2v) is 4.92. The summed E-state index contributed by atoms with van der Waals surface area (Å²) < 4.78 is 24.3. The van der Waals surface area contributed by atoms with Gasteiger partial charge < -0.3 is 0 Å². The topological polar surface area (TPSA) is 93.0 Å². The first-order valence-corrected chi connectivity index (χ1v) is 6.14. The summed E-state index contributed by atoms with van der Waals surface area (Å²) in [6.45, 7) is 4.24. The second kappa shape index (κ2) is 6.81. The van der Waals surface area contributed by atoms with Crippen LogP contribution in [0.3, 0.4) is 0 Å². The Labute approximate surface area is 96.5 Å². The molecule has 0 radical (unpaired) electrons. The Balaban J connectivity index is 0.000000288. The van der Waals surface area contributed by atoms with Crippen LogP contribution in [0.15, 0.2) is 20.2 Å². The van der Waals surface area contributed by atoms with Crippen LogP contribution in [0.4, 0.5) is 0 Å². The van der Waals surface area contributed by atoms with Crippen molar-refractivity contribution in [3.63, 3.8) is 0 Å². The molecule has 0 aliphatic rings. The van der Waals surface area contributed by atoms with Crippen molar-refractivity contribution in [2.75, 3.05) is 0 Å². The van der Waals surface area contributed by atoms with E-state index in [9.17, 15) is 18.0 Å². The molecule has 0 aromatic carbocycles. The first kappa shape index (κ1) is 14.4. The van der Waals surface area contributed by atoms with Crippen LogP contribution in [0.5, 0.6) is 0 Å². The van der Waals surface area contributed by atoms with Crippen LogP contribution in [0.25, 0.3) is 0 Å². The number of hydrogen-bond acceptors (Lipinski definition) is 5. The van der Waals surface area contributed by atoms with E-state index in [1.54, 1.807) is 11.3 Å². The van der Waals surface area contributed by atoms with Crippen molar-refractivity contribution in [3.05, 3.63) is 21.9 Å². The fourth-order valence-electron chi connectivity index (χ4n) is 0.689. The van der Waals surface area contributed by atoms with Crippen molar-refractivity contribution in [2.45, 2.75) is 13.8 Å². The monoisotopic (exact) mass is 260 g/mol. The van der Waals surface area contributed by atoms with Crippen molar-refractivity contribution in [1.82, 2.24) is 0 Å². The fraction of sp³-hybridized carbons (Fsp3) is 0.250. The lowest BCUT2D eigenvalue weighted by atomic mass is 10.4. The third-order valence-corrected chi connectivity index (χ3v) is 2.76. The van der Waals surface area contributed by atoms with Gasteiger partial charge >= 0.3 is 10.2 Å². The SMILES string of the molecule is Cc1csc(C)c1.O=C=NS(=O)(=O)N=C=O. The highest BCUT2D eigenvalue weighted by Crippen LogP contribution is 2.10. The molecule has 0 aliphatic heterocycles. The first-order valence-electron chi connectivity index (χ1n) is 3.86. The van der Waals surface area contributed by atoms with Gasteiger partial charge in [-0.3, -0.25) is 0 Å². The number of nitrogens with zero attached hydrogens (tertiary/aromatic N) is 2. The molecule has 6 nitrogen and oxygen atoms in total. The van der Waals surface area contributed by atoms with Crippen molar-refractivity contribution >= 4 is 33.7 Å². The standard InChI is InChI=1S/C6H8S.C2N2O4S/c1-5-3-6(2)7-4-5;5-1-3-9(7,8)4-2-6/h3-4H,1-2H3;. The highest BCUT2D eigenvalue weighted by molar-refractivity contribution is 7.89. The van der Waals surface area contributed by atoms with Gasteiger partial charge in [0, 0.05) is 4.88 Å². The minimum Gasteiger partial charge on any atom is -0.210 e. The van der Waals surface area contributed by atoms with Crippen molar-refractivity contribution in [2.24, 2.45) is 8.80 Å². The number of thiophene rings is 1. The molecular weight excluding hydrogens is 252 g/mol. The van der Waals surface area contributed by atoms with Gasteiger partial charge in [0.2, 0.25) is 0 Å². The maximum atomic E-state index is 9.97. The van der Waals surface area contributed by atoms with E-state index in [1.165, 1.54) is 10.4 Å². The van der Waals surface area contributed by atoms with Gasteiger partial charge in [0.1, 0.15) is 0 Å². The normalized spacial score (nSPS) is 9.12. The predicted molar refractivity (Wildman–Crippen MR) is 59.0 cm³/mol. The Hall–Kier alpha value is -1.59. The quantitative estimate of drug-likeness (QED) is 0.591. The van der Waals surface area contributed by atoms with Crippen LogP contribution < -0.4 is 0 Å². The first-order chi connectivity index (χ1) is 7.41. The maximum Gasteiger partial charge on any atom is 0.383 e. The van der Waals surface area contributed by atoms with Crippen molar-refractivity contribution in [1.29, 1.82) is 0 Å². The van der Waals surface area contributed by atoms with Crippen LogP contribution in [0.1, 0.15) is 10.4 Å². The Morgan fingerprint density at radius 1 is 1.19 bits per heavy atom. The minimum atomic E-state index is -4.28. The molecule has 0 atom stereocenters. The molecule has 8 heteroatoms. The summed E-state index contributed by atoms with van der Waals surface area (Å²) in [5.74, 6) is 0. The molecular formula is C8H8N2O4S2. The number of hydrogen-bond donors (Lipinski definition) is 0. The van der Waals surface area contributed by atoms with Crippen LogP contribution in [-0.2, 0) is 19.8 Å². The van der Waals surface area contributed by atoms with E-state index in [1.807, 2.05) is 0 Å². The molecule has 0 unspecified atom stereocenters. The number of isocyanates is 2. The summed E-state index contributed by atoms with van der Waals surface area (Å²) in [5.41, 5.74) is 1.38. The summed E-state index contributed by atoms with van der Waals surface area (Å²) in [6.07, 6.45) is 1.41. The highest BCUT2D eigenvalue weighted by atomic mass is 32.2. The Bertz CT molecular complexity index is 494. The summed E-state index contributed by atoms with van der Waals surface area (Å²) in [4.78, 5) is 19.9. The van der Waals surface area contributed by atoms with Gasteiger partial charge in [-0.05, 0) is 30.9 Å². The summed E-state index contributed by atoms with van der Waals surface area (Å²) >= 11 is 1.80. The van der Waals surface area contributed by atoms with Crippen molar-refractivity contribution < 1.29 is 18.0 Å².